The molecule has 1 saturated carbocycles. The fraction of sp³-hybridized carbons (Fsp3) is 0.429. The summed E-state index contributed by atoms with van der Waals surface area (Å²) in [5.41, 5.74) is -0.930. The van der Waals surface area contributed by atoms with Gasteiger partial charge >= 0.3 is 5.97 Å². The van der Waals surface area contributed by atoms with Crippen molar-refractivity contribution in [1.82, 2.24) is 4.90 Å². The number of carboxylic acid groups (broad SMARTS) is 1. The minimum absolute atomic E-state index is 0.247. The summed E-state index contributed by atoms with van der Waals surface area (Å²) in [5, 5.41) is 9.41. The lowest BCUT2D eigenvalue weighted by Gasteiger charge is -2.28. The molecule has 1 aliphatic rings. The Morgan fingerprint density at radius 1 is 1.22 bits per heavy atom. The average Bonchev–Trinajstić information content (AvgIpc) is 2.93. The van der Waals surface area contributed by atoms with Gasteiger partial charge in [-0.1, -0.05) is 32.0 Å². The molecule has 0 aromatic heterocycles. The van der Waals surface area contributed by atoms with E-state index in [4.69, 9.17) is 0 Å². The zero-order valence-corrected chi connectivity index (χ0v) is 10.8. The summed E-state index contributed by atoms with van der Waals surface area (Å²) in [5.74, 6) is -1.18. The van der Waals surface area contributed by atoms with Crippen LogP contribution in [0.2, 0.25) is 0 Å². The Labute approximate surface area is 106 Å². The van der Waals surface area contributed by atoms with Gasteiger partial charge < -0.3 is 10.0 Å². The van der Waals surface area contributed by atoms with Gasteiger partial charge in [-0.25, -0.2) is 4.79 Å². The Morgan fingerprint density at radius 2 is 1.72 bits per heavy atom. The third kappa shape index (κ3) is 1.60. The SMILES string of the molecule is CN(C(=O)c1ccccc1)C1(C(=O)O)CC1(C)C. The maximum Gasteiger partial charge on any atom is 0.330 e. The van der Waals surface area contributed by atoms with E-state index in [1.165, 1.54) is 4.90 Å². The first-order valence-electron chi connectivity index (χ1n) is 5.89. The molecule has 4 nitrogen and oxygen atoms in total. The van der Waals surface area contributed by atoms with Gasteiger partial charge in [0.25, 0.3) is 5.91 Å². The summed E-state index contributed by atoms with van der Waals surface area (Å²) >= 11 is 0. The number of aliphatic carboxylic acids is 1. The number of hydrogen-bond acceptors (Lipinski definition) is 2. The largest absolute Gasteiger partial charge is 0.479 e. The number of amides is 1. The molecule has 0 radical (unpaired) electrons. The van der Waals surface area contributed by atoms with Crippen LogP contribution in [0.5, 0.6) is 0 Å². The predicted octanol–water partition coefficient (Wildman–Crippen LogP) is 2.01. The molecule has 0 spiro atoms. The zero-order chi connectivity index (χ0) is 13.6. The topological polar surface area (TPSA) is 57.6 Å². The average molecular weight is 247 g/mol. The Morgan fingerprint density at radius 3 is 2.11 bits per heavy atom. The van der Waals surface area contributed by atoms with Gasteiger partial charge in [0.15, 0.2) is 0 Å². The van der Waals surface area contributed by atoms with Gasteiger partial charge in [0.1, 0.15) is 5.54 Å². The van der Waals surface area contributed by atoms with Crippen LogP contribution in [0.25, 0.3) is 0 Å². The second-order valence-electron chi connectivity index (χ2n) is 5.46. The molecule has 0 heterocycles. The lowest BCUT2D eigenvalue weighted by Crippen LogP contribution is -2.47. The van der Waals surface area contributed by atoms with Crippen molar-refractivity contribution in [2.75, 3.05) is 7.05 Å². The molecule has 2 rings (SSSR count). The maximum absolute atomic E-state index is 12.3. The number of carbonyl (C=O) groups excluding carboxylic acids is 1. The molecule has 1 unspecified atom stereocenters. The number of rotatable bonds is 3. The normalized spacial score (nSPS) is 24.4. The van der Waals surface area contributed by atoms with Gasteiger partial charge in [0.05, 0.1) is 0 Å². The van der Waals surface area contributed by atoms with Gasteiger partial charge in [0, 0.05) is 18.0 Å². The van der Waals surface area contributed by atoms with Gasteiger partial charge in [-0.2, -0.15) is 0 Å². The van der Waals surface area contributed by atoms with E-state index in [0.29, 0.717) is 12.0 Å². The smallest absolute Gasteiger partial charge is 0.330 e. The summed E-state index contributed by atoms with van der Waals surface area (Å²) in [6.07, 6.45) is 0.490. The molecule has 0 aliphatic heterocycles. The van der Waals surface area contributed by atoms with Crippen LogP contribution < -0.4 is 0 Å². The summed E-state index contributed by atoms with van der Waals surface area (Å²) in [6.45, 7) is 3.74. The van der Waals surface area contributed by atoms with E-state index in [1.807, 2.05) is 19.9 Å². The molecule has 1 aliphatic carbocycles. The van der Waals surface area contributed by atoms with Gasteiger partial charge in [0.2, 0.25) is 0 Å². The molecular weight excluding hydrogens is 230 g/mol. The van der Waals surface area contributed by atoms with Crippen molar-refractivity contribution in [2.24, 2.45) is 5.41 Å². The predicted molar refractivity (Wildman–Crippen MR) is 67.3 cm³/mol. The molecule has 96 valence electrons. The Bertz CT molecular complexity index is 495. The number of benzene rings is 1. The monoisotopic (exact) mass is 247 g/mol. The lowest BCUT2D eigenvalue weighted by atomic mass is 10.0. The van der Waals surface area contributed by atoms with E-state index >= 15 is 0 Å². The minimum atomic E-state index is -1.07. The maximum atomic E-state index is 12.3. The minimum Gasteiger partial charge on any atom is -0.479 e. The second kappa shape index (κ2) is 3.83. The molecular formula is C14H17NO3. The molecule has 1 amide bonds. The zero-order valence-electron chi connectivity index (χ0n) is 10.8. The molecule has 1 atom stereocenters. The molecule has 4 heteroatoms. The van der Waals surface area contributed by atoms with E-state index < -0.39 is 11.5 Å². The molecule has 1 aromatic carbocycles. The molecule has 0 saturated heterocycles. The van der Waals surface area contributed by atoms with Crippen LogP contribution in [0.4, 0.5) is 0 Å². The first kappa shape index (κ1) is 12.6. The Hall–Kier alpha value is -1.84. The van der Waals surface area contributed by atoms with Crippen LogP contribution in [-0.4, -0.2) is 34.5 Å². The number of likely N-dealkylation sites (N-methyl/N-ethyl adjacent to an activating group) is 1. The van der Waals surface area contributed by atoms with Crippen molar-refractivity contribution in [3.8, 4) is 0 Å². The van der Waals surface area contributed by atoms with Crippen molar-refractivity contribution in [3.05, 3.63) is 35.9 Å². The van der Waals surface area contributed by atoms with E-state index in [0.717, 1.165) is 0 Å². The van der Waals surface area contributed by atoms with E-state index in [2.05, 4.69) is 0 Å². The number of carbonyl (C=O) groups is 2. The summed E-state index contributed by atoms with van der Waals surface area (Å²) in [7, 11) is 1.57. The van der Waals surface area contributed by atoms with Crippen LogP contribution in [0.15, 0.2) is 30.3 Å². The van der Waals surface area contributed by atoms with Crippen molar-refractivity contribution in [3.63, 3.8) is 0 Å². The summed E-state index contributed by atoms with van der Waals surface area (Å²) in [4.78, 5) is 25.1. The van der Waals surface area contributed by atoms with Crippen molar-refractivity contribution in [2.45, 2.75) is 25.8 Å². The van der Waals surface area contributed by atoms with Gasteiger partial charge in [-0.3, -0.25) is 4.79 Å². The lowest BCUT2D eigenvalue weighted by molar-refractivity contribution is -0.145. The van der Waals surface area contributed by atoms with Crippen molar-refractivity contribution in [1.29, 1.82) is 0 Å². The highest BCUT2D eigenvalue weighted by molar-refractivity contribution is 5.99. The number of hydrogen-bond donors (Lipinski definition) is 1. The first-order valence-corrected chi connectivity index (χ1v) is 5.89. The first-order chi connectivity index (χ1) is 8.33. The van der Waals surface area contributed by atoms with E-state index in [9.17, 15) is 14.7 Å². The Balaban J connectivity index is 2.30. The van der Waals surface area contributed by atoms with Crippen LogP contribution in [0.3, 0.4) is 0 Å². The molecule has 0 bridgehead atoms. The van der Waals surface area contributed by atoms with Crippen LogP contribution >= 0.6 is 0 Å². The molecule has 18 heavy (non-hydrogen) atoms. The number of nitrogens with zero attached hydrogens (tertiary/aromatic N) is 1. The highest BCUT2D eigenvalue weighted by Crippen LogP contribution is 2.59. The molecule has 1 N–H and O–H groups in total. The van der Waals surface area contributed by atoms with Crippen LogP contribution in [-0.2, 0) is 4.79 Å². The molecule has 1 fully saturated rings. The third-order valence-electron chi connectivity index (χ3n) is 3.94. The van der Waals surface area contributed by atoms with Crippen LogP contribution in [0.1, 0.15) is 30.6 Å². The highest BCUT2D eigenvalue weighted by atomic mass is 16.4. The number of carboxylic acids is 1. The van der Waals surface area contributed by atoms with Gasteiger partial charge in [-0.15, -0.1) is 0 Å². The summed E-state index contributed by atoms with van der Waals surface area (Å²) in [6, 6.07) is 8.76. The highest BCUT2D eigenvalue weighted by Gasteiger charge is 2.70. The van der Waals surface area contributed by atoms with Crippen molar-refractivity contribution < 1.29 is 14.7 Å². The van der Waals surface area contributed by atoms with Crippen molar-refractivity contribution >= 4 is 11.9 Å². The fourth-order valence-electron chi connectivity index (χ4n) is 2.62. The fourth-order valence-corrected chi connectivity index (χ4v) is 2.62. The van der Waals surface area contributed by atoms with Gasteiger partial charge in [-0.05, 0) is 18.6 Å². The van der Waals surface area contributed by atoms with E-state index in [-0.39, 0.29) is 11.3 Å². The third-order valence-corrected chi connectivity index (χ3v) is 3.94. The quantitative estimate of drug-likeness (QED) is 0.888. The van der Waals surface area contributed by atoms with E-state index in [1.54, 1.807) is 31.3 Å². The molecule has 1 aromatic rings. The standard InChI is InChI=1S/C14H17NO3/c1-13(2)9-14(13,12(17)18)15(3)11(16)10-7-5-4-6-8-10/h4-8H,9H2,1-3H3,(H,17,18). The summed E-state index contributed by atoms with van der Waals surface area (Å²) < 4.78 is 0. The second-order valence-corrected chi connectivity index (χ2v) is 5.46. The Kier molecular flexibility index (Phi) is 2.69. The van der Waals surface area contributed by atoms with Crippen LogP contribution in [0, 0.1) is 5.41 Å².